The van der Waals surface area contributed by atoms with Gasteiger partial charge in [0.15, 0.2) is 0 Å². The monoisotopic (exact) mass is 208 g/mol. The molecule has 2 aromatic heterocycles. The van der Waals surface area contributed by atoms with Crippen LogP contribution in [-0.2, 0) is 0 Å². The third-order valence-electron chi connectivity index (χ3n) is 2.48. The van der Waals surface area contributed by atoms with Crippen molar-refractivity contribution in [2.75, 3.05) is 0 Å². The minimum Gasteiger partial charge on any atom is -0.212 e. The molecule has 3 nitrogen and oxygen atoms in total. The molecule has 3 rings (SSSR count). The molecule has 0 radical (unpaired) electrons. The van der Waals surface area contributed by atoms with Gasteiger partial charge in [-0.2, -0.15) is 0 Å². The number of aromatic nitrogens is 3. The molecule has 1 aromatic carbocycles. The molecular weight excluding hydrogens is 198 g/mol. The minimum absolute atomic E-state index is 0.909. The van der Waals surface area contributed by atoms with Crippen molar-refractivity contribution in [1.82, 2.24) is 9.97 Å². The third-order valence-corrected chi connectivity index (χ3v) is 2.48. The molecule has 0 unspecified atom stereocenters. The number of nitrogens with zero attached hydrogens (tertiary/aromatic N) is 3. The van der Waals surface area contributed by atoms with Gasteiger partial charge in [0, 0.05) is 0 Å². The molecule has 0 saturated carbocycles. The third kappa shape index (κ3) is 1.42. The maximum absolute atomic E-state index is 4.33. The average molecular weight is 208 g/mol. The second kappa shape index (κ2) is 3.70. The number of hydrogen-bond acceptors (Lipinski definition) is 2. The molecule has 0 aliphatic rings. The molecule has 0 aliphatic carbocycles. The largest absolute Gasteiger partial charge is 0.338 e. The Hall–Kier alpha value is -2.29. The summed E-state index contributed by atoms with van der Waals surface area (Å²) in [6.07, 6.45) is 5.56. The van der Waals surface area contributed by atoms with E-state index in [2.05, 4.69) is 9.97 Å². The fraction of sp³-hybridized carbons (Fsp3) is 0. The predicted molar refractivity (Wildman–Crippen MR) is 61.1 cm³/mol. The van der Waals surface area contributed by atoms with Gasteiger partial charge >= 0.3 is 5.82 Å². The van der Waals surface area contributed by atoms with E-state index < -0.39 is 0 Å². The molecule has 0 saturated heterocycles. The van der Waals surface area contributed by atoms with Crippen LogP contribution in [0, 0.1) is 0 Å². The highest BCUT2D eigenvalue weighted by atomic mass is 15.1. The Morgan fingerprint density at radius 2 is 1.62 bits per heavy atom. The van der Waals surface area contributed by atoms with Crippen LogP contribution in [0.2, 0.25) is 0 Å². The van der Waals surface area contributed by atoms with Gasteiger partial charge in [-0.3, -0.25) is 0 Å². The molecule has 0 N–H and O–H groups in total. The zero-order valence-corrected chi connectivity index (χ0v) is 8.62. The van der Waals surface area contributed by atoms with Gasteiger partial charge in [-0.1, -0.05) is 18.2 Å². The van der Waals surface area contributed by atoms with Crippen molar-refractivity contribution in [1.29, 1.82) is 0 Å². The van der Waals surface area contributed by atoms with E-state index in [9.17, 15) is 0 Å². The number of benzene rings is 1. The fourth-order valence-electron chi connectivity index (χ4n) is 1.74. The van der Waals surface area contributed by atoms with Gasteiger partial charge in [0.05, 0.1) is 23.3 Å². The molecule has 0 fully saturated rings. The van der Waals surface area contributed by atoms with E-state index in [0.717, 1.165) is 16.7 Å². The maximum Gasteiger partial charge on any atom is 0.338 e. The molecule has 16 heavy (non-hydrogen) atoms. The average Bonchev–Trinajstić information content (AvgIpc) is 2.39. The number of para-hydroxylation sites is 1. The Morgan fingerprint density at radius 1 is 0.812 bits per heavy atom. The van der Waals surface area contributed by atoms with Gasteiger partial charge in [-0.25, -0.2) is 9.55 Å². The van der Waals surface area contributed by atoms with E-state index in [4.69, 9.17) is 0 Å². The zero-order valence-electron chi connectivity index (χ0n) is 8.62. The highest BCUT2D eigenvalue weighted by Crippen LogP contribution is 2.13. The lowest BCUT2D eigenvalue weighted by Crippen LogP contribution is -2.30. The van der Waals surface area contributed by atoms with Crippen molar-refractivity contribution in [2.45, 2.75) is 0 Å². The van der Waals surface area contributed by atoms with Crippen molar-refractivity contribution in [3.63, 3.8) is 0 Å². The van der Waals surface area contributed by atoms with Crippen molar-refractivity contribution < 1.29 is 4.57 Å². The zero-order chi connectivity index (χ0) is 10.8. The predicted octanol–water partition coefficient (Wildman–Crippen LogP) is 1.91. The minimum atomic E-state index is 0.909. The number of hydrogen-bond donors (Lipinski definition) is 0. The smallest absolute Gasteiger partial charge is 0.212 e. The highest BCUT2D eigenvalue weighted by Gasteiger charge is 2.11. The van der Waals surface area contributed by atoms with Crippen LogP contribution in [0.5, 0.6) is 0 Å². The van der Waals surface area contributed by atoms with Crippen molar-refractivity contribution in [2.24, 2.45) is 0 Å². The van der Waals surface area contributed by atoms with Gasteiger partial charge in [0.2, 0.25) is 6.33 Å². The first-order chi connectivity index (χ1) is 7.95. The summed E-state index contributed by atoms with van der Waals surface area (Å²) in [5, 5.41) is 1.06. The summed E-state index contributed by atoms with van der Waals surface area (Å²) in [6.45, 7) is 0. The Morgan fingerprint density at radius 3 is 2.50 bits per heavy atom. The summed E-state index contributed by atoms with van der Waals surface area (Å²) < 4.78 is 1.99. The molecule has 2 heterocycles. The van der Waals surface area contributed by atoms with Crippen LogP contribution in [0.25, 0.3) is 16.7 Å². The van der Waals surface area contributed by atoms with Crippen LogP contribution in [0.4, 0.5) is 0 Å². The van der Waals surface area contributed by atoms with Gasteiger partial charge in [-0.15, -0.1) is 0 Å². The second-order valence-electron chi connectivity index (χ2n) is 3.50. The van der Waals surface area contributed by atoms with E-state index in [0.29, 0.717) is 0 Å². The van der Waals surface area contributed by atoms with Crippen LogP contribution in [0.15, 0.2) is 61.2 Å². The van der Waals surface area contributed by atoms with Crippen molar-refractivity contribution >= 4 is 10.9 Å². The standard InChI is InChI=1S/C13H10N3/c1-4-8-16(9-5-1)13-11-6-2-3-7-12(11)14-10-15-13/h1-10H/q+1. The van der Waals surface area contributed by atoms with Crippen LogP contribution < -0.4 is 4.57 Å². The van der Waals surface area contributed by atoms with E-state index >= 15 is 0 Å². The first-order valence-electron chi connectivity index (χ1n) is 5.11. The molecule has 76 valence electrons. The van der Waals surface area contributed by atoms with E-state index in [1.54, 1.807) is 6.33 Å². The molecule has 3 aromatic rings. The van der Waals surface area contributed by atoms with E-state index in [1.807, 2.05) is 59.4 Å². The Kier molecular flexibility index (Phi) is 2.07. The summed E-state index contributed by atoms with van der Waals surface area (Å²) in [4.78, 5) is 8.57. The molecule has 0 aliphatic heterocycles. The molecule has 0 bridgehead atoms. The van der Waals surface area contributed by atoms with Crippen molar-refractivity contribution in [3.05, 3.63) is 61.2 Å². The molecular formula is C13H10N3+. The summed E-state index contributed by atoms with van der Waals surface area (Å²) in [5.74, 6) is 0.909. The number of fused-ring (bicyclic) bond motifs is 1. The van der Waals surface area contributed by atoms with E-state index in [-0.39, 0.29) is 0 Å². The SMILES string of the molecule is c1cc[n+](-c2ncnc3ccccc23)cc1. The van der Waals surface area contributed by atoms with Crippen LogP contribution in [0.3, 0.4) is 0 Å². The molecule has 0 atom stereocenters. The quantitative estimate of drug-likeness (QED) is 0.572. The lowest BCUT2D eigenvalue weighted by atomic mass is 10.2. The first-order valence-corrected chi connectivity index (χ1v) is 5.11. The first kappa shape index (κ1) is 8.97. The number of pyridine rings is 1. The topological polar surface area (TPSA) is 29.7 Å². The lowest BCUT2D eigenvalue weighted by Gasteiger charge is -1.98. The highest BCUT2D eigenvalue weighted by molar-refractivity contribution is 5.82. The summed E-state index contributed by atoms with van der Waals surface area (Å²) in [6, 6.07) is 14.0. The van der Waals surface area contributed by atoms with Crippen LogP contribution in [-0.4, -0.2) is 9.97 Å². The summed E-state index contributed by atoms with van der Waals surface area (Å²) in [5.41, 5.74) is 0.962. The Bertz CT molecular complexity index is 615. The van der Waals surface area contributed by atoms with E-state index in [1.165, 1.54) is 0 Å². The fourth-order valence-corrected chi connectivity index (χ4v) is 1.74. The maximum atomic E-state index is 4.33. The normalized spacial score (nSPS) is 10.5. The van der Waals surface area contributed by atoms with Gasteiger partial charge in [0.25, 0.3) is 0 Å². The second-order valence-corrected chi connectivity index (χ2v) is 3.50. The Labute approximate surface area is 93.0 Å². The number of rotatable bonds is 1. The molecule has 0 amide bonds. The molecule has 3 heteroatoms. The van der Waals surface area contributed by atoms with Gasteiger partial charge in [0.1, 0.15) is 0 Å². The van der Waals surface area contributed by atoms with Crippen LogP contribution >= 0.6 is 0 Å². The van der Waals surface area contributed by atoms with Gasteiger partial charge < -0.3 is 0 Å². The van der Waals surface area contributed by atoms with Crippen molar-refractivity contribution in [3.8, 4) is 5.82 Å². The Balaban J connectivity index is 2.32. The summed E-state index contributed by atoms with van der Waals surface area (Å²) >= 11 is 0. The van der Waals surface area contributed by atoms with Gasteiger partial charge in [-0.05, 0) is 29.2 Å². The molecule has 0 spiro atoms. The van der Waals surface area contributed by atoms with Crippen LogP contribution in [0.1, 0.15) is 0 Å². The summed E-state index contributed by atoms with van der Waals surface area (Å²) in [7, 11) is 0. The lowest BCUT2D eigenvalue weighted by molar-refractivity contribution is -0.598.